The molecular weight excluding hydrogens is 611 g/mol. The van der Waals surface area contributed by atoms with Crippen LogP contribution < -0.4 is 0 Å². The van der Waals surface area contributed by atoms with E-state index in [2.05, 4.69) is 94.1 Å². The first-order chi connectivity index (χ1) is 24.7. The largest absolute Gasteiger partial charge is 0.309 e. The highest BCUT2D eigenvalue weighted by molar-refractivity contribution is 6.11. The van der Waals surface area contributed by atoms with Gasteiger partial charge in [0, 0.05) is 32.8 Å². The summed E-state index contributed by atoms with van der Waals surface area (Å²) in [5.41, 5.74) is 11.7. The summed E-state index contributed by atoms with van der Waals surface area (Å²) in [6.45, 7) is 0. The molecule has 0 saturated heterocycles. The van der Waals surface area contributed by atoms with Crippen molar-refractivity contribution >= 4 is 43.6 Å². The van der Waals surface area contributed by atoms with Crippen molar-refractivity contribution in [2.24, 2.45) is 0 Å². The maximum absolute atomic E-state index is 10.5. The van der Waals surface area contributed by atoms with E-state index >= 15 is 0 Å². The number of nitriles is 3. The highest BCUT2D eigenvalue weighted by Gasteiger charge is 2.18. The van der Waals surface area contributed by atoms with Crippen LogP contribution in [0.1, 0.15) is 16.7 Å². The molecule has 0 aliphatic rings. The molecule has 230 valence electrons. The van der Waals surface area contributed by atoms with Gasteiger partial charge in [0.1, 0.15) is 0 Å². The van der Waals surface area contributed by atoms with Crippen LogP contribution in [-0.4, -0.2) is 9.13 Å². The molecule has 2 aromatic heterocycles. The van der Waals surface area contributed by atoms with Gasteiger partial charge in [-0.1, -0.05) is 78.9 Å². The quantitative estimate of drug-likeness (QED) is 0.193. The van der Waals surface area contributed by atoms with Gasteiger partial charge in [-0.3, -0.25) is 0 Å². The summed E-state index contributed by atoms with van der Waals surface area (Å²) in [6, 6.07) is 57.9. The van der Waals surface area contributed by atoms with Crippen LogP contribution in [-0.2, 0) is 0 Å². The number of hydrogen-bond acceptors (Lipinski definition) is 3. The minimum Gasteiger partial charge on any atom is -0.309 e. The van der Waals surface area contributed by atoms with E-state index in [4.69, 9.17) is 0 Å². The van der Waals surface area contributed by atoms with Crippen molar-refractivity contribution in [1.82, 2.24) is 9.13 Å². The molecule has 50 heavy (non-hydrogen) atoms. The van der Waals surface area contributed by atoms with Crippen molar-refractivity contribution in [2.45, 2.75) is 0 Å². The first-order valence-corrected chi connectivity index (χ1v) is 16.3. The van der Waals surface area contributed by atoms with E-state index in [0.717, 1.165) is 77.2 Å². The van der Waals surface area contributed by atoms with Crippen LogP contribution in [0.4, 0.5) is 0 Å². The molecule has 0 atom stereocenters. The first kappa shape index (κ1) is 28.8. The smallest absolute Gasteiger partial charge is 0.0998 e. The van der Waals surface area contributed by atoms with Crippen molar-refractivity contribution in [2.75, 3.05) is 0 Å². The Bertz CT molecular complexity index is 2970. The van der Waals surface area contributed by atoms with Crippen LogP contribution in [0, 0.1) is 34.0 Å². The molecule has 0 aliphatic heterocycles. The average molecular weight is 636 g/mol. The number of nitrogens with zero attached hydrogens (tertiary/aromatic N) is 5. The van der Waals surface area contributed by atoms with Gasteiger partial charge in [-0.15, -0.1) is 0 Å². The number of hydrogen-bond donors (Lipinski definition) is 0. The van der Waals surface area contributed by atoms with Gasteiger partial charge in [0.05, 0.1) is 62.7 Å². The maximum Gasteiger partial charge on any atom is 0.0998 e. The van der Waals surface area contributed by atoms with E-state index in [1.807, 2.05) is 84.9 Å². The second-order valence-corrected chi connectivity index (χ2v) is 12.3. The number of para-hydroxylation sites is 3. The fraction of sp³-hybridized carbons (Fsp3) is 0. The Kier molecular flexibility index (Phi) is 6.56. The molecule has 2 heterocycles. The first-order valence-electron chi connectivity index (χ1n) is 16.3. The Labute approximate surface area is 287 Å². The number of benzene rings is 7. The second-order valence-electron chi connectivity index (χ2n) is 12.3. The van der Waals surface area contributed by atoms with Gasteiger partial charge in [0.2, 0.25) is 0 Å². The number of aromatic nitrogens is 2. The van der Waals surface area contributed by atoms with Gasteiger partial charge in [0.25, 0.3) is 0 Å². The summed E-state index contributed by atoms with van der Waals surface area (Å²) in [4.78, 5) is 0. The zero-order chi connectivity index (χ0) is 33.8. The Hall–Kier alpha value is -7.39. The van der Waals surface area contributed by atoms with Crippen molar-refractivity contribution in [3.05, 3.63) is 168 Å². The lowest BCUT2D eigenvalue weighted by molar-refractivity contribution is 1.18. The number of fused-ring (bicyclic) bond motifs is 6. The summed E-state index contributed by atoms with van der Waals surface area (Å²) in [5.74, 6) is 0. The van der Waals surface area contributed by atoms with E-state index < -0.39 is 0 Å². The predicted octanol–water partition coefficient (Wildman–Crippen LogP) is 10.8. The number of rotatable bonds is 4. The zero-order valence-corrected chi connectivity index (χ0v) is 26.7. The van der Waals surface area contributed by atoms with E-state index in [-0.39, 0.29) is 0 Å². The molecule has 0 bridgehead atoms. The topological polar surface area (TPSA) is 81.2 Å². The summed E-state index contributed by atoms with van der Waals surface area (Å²) in [5, 5.41) is 33.8. The fourth-order valence-corrected chi connectivity index (χ4v) is 7.41. The van der Waals surface area contributed by atoms with Crippen molar-refractivity contribution in [3.8, 4) is 51.8 Å². The van der Waals surface area contributed by atoms with Gasteiger partial charge in [-0.05, 0) is 89.5 Å². The summed E-state index contributed by atoms with van der Waals surface area (Å²) >= 11 is 0. The lowest BCUT2D eigenvalue weighted by Gasteiger charge is -2.15. The molecule has 5 nitrogen and oxygen atoms in total. The van der Waals surface area contributed by atoms with Gasteiger partial charge in [-0.2, -0.15) is 15.8 Å². The molecule has 0 aliphatic carbocycles. The van der Waals surface area contributed by atoms with Crippen LogP contribution in [0.3, 0.4) is 0 Å². The Morgan fingerprint density at radius 2 is 0.940 bits per heavy atom. The fourth-order valence-electron chi connectivity index (χ4n) is 7.41. The monoisotopic (exact) mass is 635 g/mol. The summed E-state index contributed by atoms with van der Waals surface area (Å²) in [6.07, 6.45) is 0. The van der Waals surface area contributed by atoms with Gasteiger partial charge < -0.3 is 9.13 Å². The third-order valence-corrected chi connectivity index (χ3v) is 9.61. The van der Waals surface area contributed by atoms with E-state index in [0.29, 0.717) is 16.7 Å². The third-order valence-electron chi connectivity index (χ3n) is 9.61. The van der Waals surface area contributed by atoms with Crippen molar-refractivity contribution in [3.63, 3.8) is 0 Å². The van der Waals surface area contributed by atoms with Crippen LogP contribution in [0.15, 0.2) is 152 Å². The normalized spacial score (nSPS) is 11.1. The molecule has 0 radical (unpaired) electrons. The highest BCUT2D eigenvalue weighted by atomic mass is 15.0. The van der Waals surface area contributed by atoms with Crippen LogP contribution >= 0.6 is 0 Å². The van der Waals surface area contributed by atoms with E-state index in [1.165, 1.54) is 0 Å². The molecular formula is C45H25N5. The zero-order valence-electron chi connectivity index (χ0n) is 26.7. The van der Waals surface area contributed by atoms with E-state index in [9.17, 15) is 15.8 Å². The molecule has 0 amide bonds. The molecule has 0 unspecified atom stereocenters. The van der Waals surface area contributed by atoms with Crippen LogP contribution in [0.2, 0.25) is 0 Å². The third kappa shape index (κ3) is 4.38. The lowest BCUT2D eigenvalue weighted by Crippen LogP contribution is -1.98. The molecule has 9 aromatic rings. The maximum atomic E-state index is 10.5. The molecule has 7 aromatic carbocycles. The predicted molar refractivity (Wildman–Crippen MR) is 200 cm³/mol. The molecule has 0 fully saturated rings. The Balaban J connectivity index is 1.18. The van der Waals surface area contributed by atoms with Crippen LogP contribution in [0.5, 0.6) is 0 Å². The van der Waals surface area contributed by atoms with Gasteiger partial charge in [0.15, 0.2) is 0 Å². The SMILES string of the molecule is N#Cc1ccc2c(c1)c1ccccc1n2-c1ccc(-c2cccc(-c3ccccc3-n3c4ccccc4c4cc(C#N)ccc43)c2)c(C#N)c1. The lowest BCUT2D eigenvalue weighted by atomic mass is 9.95. The Morgan fingerprint density at radius 3 is 1.60 bits per heavy atom. The standard InChI is InChI=1S/C45H25N5/c46-26-29-16-20-44-39(22-29)37-11-2-5-14-42(37)49(44)34-18-19-35(33(25-34)28-48)31-8-7-9-32(24-31)36-10-1-4-13-41(36)50-43-15-6-3-12-38(43)40-23-30(27-47)17-21-45(40)50/h1-25H. The van der Waals surface area contributed by atoms with Gasteiger partial charge >= 0.3 is 0 Å². The molecule has 0 N–H and O–H groups in total. The van der Waals surface area contributed by atoms with Crippen LogP contribution in [0.25, 0.3) is 77.2 Å². The van der Waals surface area contributed by atoms with Gasteiger partial charge in [-0.25, -0.2) is 0 Å². The molecule has 0 saturated carbocycles. The highest BCUT2D eigenvalue weighted by Crippen LogP contribution is 2.39. The molecule has 0 spiro atoms. The summed E-state index contributed by atoms with van der Waals surface area (Å²) in [7, 11) is 0. The minimum atomic E-state index is 0.572. The Morgan fingerprint density at radius 1 is 0.380 bits per heavy atom. The van der Waals surface area contributed by atoms with Crippen molar-refractivity contribution < 1.29 is 0 Å². The minimum absolute atomic E-state index is 0.572. The van der Waals surface area contributed by atoms with E-state index in [1.54, 1.807) is 0 Å². The summed E-state index contributed by atoms with van der Waals surface area (Å²) < 4.78 is 4.43. The second kappa shape index (κ2) is 11.4. The molecule has 5 heteroatoms. The average Bonchev–Trinajstić information content (AvgIpc) is 3.69. The van der Waals surface area contributed by atoms with Crippen molar-refractivity contribution in [1.29, 1.82) is 15.8 Å². The molecule has 9 rings (SSSR count).